The number of nitrogens with one attached hydrogen (secondary N) is 1. The van der Waals surface area contributed by atoms with Crippen LogP contribution in [-0.2, 0) is 28.6 Å². The highest BCUT2D eigenvalue weighted by molar-refractivity contribution is 6.19. The van der Waals surface area contributed by atoms with E-state index < -0.39 is 29.6 Å². The molecule has 0 atom stereocenters. The Morgan fingerprint density at radius 2 is 1.64 bits per heavy atom. The van der Waals surface area contributed by atoms with Crippen molar-refractivity contribution in [3.63, 3.8) is 0 Å². The molecule has 1 saturated heterocycles. The van der Waals surface area contributed by atoms with E-state index in [1.54, 1.807) is 55.5 Å². The topological polar surface area (TPSA) is 117 Å². The quantitative estimate of drug-likeness (QED) is 0.386. The van der Waals surface area contributed by atoms with Crippen molar-refractivity contribution in [2.45, 2.75) is 26.6 Å². The number of cyclic esters (lactones) is 2. The van der Waals surface area contributed by atoms with Gasteiger partial charge in [-0.15, -0.1) is 0 Å². The lowest BCUT2D eigenvalue weighted by molar-refractivity contribution is -0.222. The van der Waals surface area contributed by atoms with Gasteiger partial charge in [0.05, 0.1) is 12.2 Å². The lowest BCUT2D eigenvalue weighted by Crippen LogP contribution is -2.41. The molecule has 1 aliphatic rings. The fraction of sp³-hybridized carbons (Fsp3) is 0.250. The van der Waals surface area contributed by atoms with Crippen LogP contribution in [-0.4, -0.2) is 42.8 Å². The summed E-state index contributed by atoms with van der Waals surface area (Å²) in [5.74, 6) is -3.57. The molecule has 9 nitrogen and oxygen atoms in total. The zero-order valence-electron chi connectivity index (χ0n) is 18.4. The monoisotopic (exact) mass is 453 g/mol. The first kappa shape index (κ1) is 23.5. The maximum atomic E-state index is 12.3. The zero-order valence-corrected chi connectivity index (χ0v) is 18.4. The predicted molar refractivity (Wildman–Crippen MR) is 117 cm³/mol. The van der Waals surface area contributed by atoms with Gasteiger partial charge in [0.2, 0.25) is 0 Å². The zero-order chi connectivity index (χ0) is 24.0. The van der Waals surface area contributed by atoms with E-state index in [2.05, 4.69) is 5.32 Å². The Balaban J connectivity index is 1.65. The van der Waals surface area contributed by atoms with E-state index in [1.807, 2.05) is 0 Å². The molecule has 0 spiro atoms. The van der Waals surface area contributed by atoms with E-state index in [0.717, 1.165) is 0 Å². The minimum Gasteiger partial charge on any atom is -0.483 e. The first-order chi connectivity index (χ1) is 15.7. The third-order valence-corrected chi connectivity index (χ3v) is 4.37. The summed E-state index contributed by atoms with van der Waals surface area (Å²) in [5.41, 5.74) is 0.961. The number of hydrogen-bond donors (Lipinski definition) is 1. The van der Waals surface area contributed by atoms with Gasteiger partial charge in [0, 0.05) is 25.1 Å². The molecule has 172 valence electrons. The van der Waals surface area contributed by atoms with Crippen LogP contribution >= 0.6 is 0 Å². The van der Waals surface area contributed by atoms with Gasteiger partial charge in [-0.3, -0.25) is 4.79 Å². The summed E-state index contributed by atoms with van der Waals surface area (Å²) < 4.78 is 20.7. The molecule has 0 saturated carbocycles. The van der Waals surface area contributed by atoms with Crippen molar-refractivity contribution in [2.24, 2.45) is 0 Å². The summed E-state index contributed by atoms with van der Waals surface area (Å²) in [4.78, 5) is 48.4. The minimum atomic E-state index is -1.34. The van der Waals surface area contributed by atoms with Crippen LogP contribution in [0, 0.1) is 0 Å². The van der Waals surface area contributed by atoms with Crippen LogP contribution in [0.25, 0.3) is 6.08 Å². The number of hydrogen-bond acceptors (Lipinski definition) is 8. The highest BCUT2D eigenvalue weighted by Crippen LogP contribution is 2.27. The summed E-state index contributed by atoms with van der Waals surface area (Å²) in [6.45, 7) is 4.57. The van der Waals surface area contributed by atoms with Gasteiger partial charge in [-0.2, -0.15) is 0 Å². The molecule has 0 bridgehead atoms. The van der Waals surface area contributed by atoms with E-state index >= 15 is 0 Å². The van der Waals surface area contributed by atoms with Crippen molar-refractivity contribution in [1.29, 1.82) is 0 Å². The van der Waals surface area contributed by atoms with Crippen molar-refractivity contribution in [2.75, 3.05) is 18.5 Å². The summed E-state index contributed by atoms with van der Waals surface area (Å²) >= 11 is 0. The van der Waals surface area contributed by atoms with Crippen LogP contribution in [0.3, 0.4) is 0 Å². The number of anilines is 1. The minimum absolute atomic E-state index is 0.271. The van der Waals surface area contributed by atoms with Gasteiger partial charge in [-0.1, -0.05) is 18.2 Å². The van der Waals surface area contributed by atoms with E-state index in [0.29, 0.717) is 16.8 Å². The molecule has 9 heteroatoms. The molecule has 2 aromatic carbocycles. The number of para-hydroxylation sites is 1. The van der Waals surface area contributed by atoms with E-state index in [1.165, 1.54) is 19.9 Å². The number of amides is 1. The highest BCUT2D eigenvalue weighted by atomic mass is 16.7. The molecule has 0 aliphatic carbocycles. The molecule has 1 heterocycles. The maximum absolute atomic E-state index is 12.3. The molecule has 1 amide bonds. The summed E-state index contributed by atoms with van der Waals surface area (Å²) in [7, 11) is 0. The Kier molecular flexibility index (Phi) is 7.12. The Morgan fingerprint density at radius 1 is 1.00 bits per heavy atom. The van der Waals surface area contributed by atoms with Crippen LogP contribution in [0.5, 0.6) is 5.75 Å². The molecule has 33 heavy (non-hydrogen) atoms. The third kappa shape index (κ3) is 6.19. The second-order valence-electron chi connectivity index (χ2n) is 7.41. The van der Waals surface area contributed by atoms with Crippen LogP contribution < -0.4 is 10.1 Å². The average Bonchev–Trinajstić information content (AvgIpc) is 2.75. The SMILES string of the molecule is CCOC(=O)c1ccc(NC(=O)COc2ccccc2C=C2C(=O)OC(C)(C)OC2=O)cc1. The van der Waals surface area contributed by atoms with Crippen molar-refractivity contribution < 1.29 is 38.1 Å². The Morgan fingerprint density at radius 3 is 2.27 bits per heavy atom. The Hall–Kier alpha value is -4.14. The number of benzene rings is 2. The number of esters is 3. The Bertz CT molecular complexity index is 1080. The van der Waals surface area contributed by atoms with Gasteiger partial charge in [0.25, 0.3) is 11.7 Å². The molecule has 1 N–H and O–H groups in total. The lowest BCUT2D eigenvalue weighted by atomic mass is 10.1. The fourth-order valence-corrected chi connectivity index (χ4v) is 2.91. The number of ether oxygens (including phenoxy) is 4. The van der Waals surface area contributed by atoms with E-state index in [9.17, 15) is 19.2 Å². The standard InChI is InChI=1S/C24H23NO8/c1-4-30-21(27)15-9-11-17(12-10-15)25-20(26)14-31-19-8-6-5-7-16(19)13-18-22(28)32-24(2,3)33-23(18)29/h5-13H,4,14H2,1-3H3,(H,25,26). The van der Waals surface area contributed by atoms with E-state index in [-0.39, 0.29) is 24.5 Å². The third-order valence-electron chi connectivity index (χ3n) is 4.37. The highest BCUT2D eigenvalue weighted by Gasteiger charge is 2.39. The second kappa shape index (κ2) is 9.99. The molecule has 0 unspecified atom stereocenters. The molecular formula is C24H23NO8. The number of carbonyl (C=O) groups excluding carboxylic acids is 4. The van der Waals surface area contributed by atoms with Crippen LogP contribution in [0.4, 0.5) is 5.69 Å². The normalized spacial score (nSPS) is 14.6. The smallest absolute Gasteiger partial charge is 0.348 e. The summed E-state index contributed by atoms with van der Waals surface area (Å²) in [5, 5.41) is 2.65. The molecule has 2 aromatic rings. The number of carbonyl (C=O) groups is 4. The van der Waals surface area contributed by atoms with E-state index in [4.69, 9.17) is 18.9 Å². The molecular weight excluding hydrogens is 430 g/mol. The summed E-state index contributed by atoms with van der Waals surface area (Å²) in [6, 6.07) is 12.8. The van der Waals surface area contributed by atoms with Crippen molar-refractivity contribution >= 4 is 35.6 Å². The van der Waals surface area contributed by atoms with Gasteiger partial charge in [0.15, 0.2) is 6.61 Å². The average molecular weight is 453 g/mol. The maximum Gasteiger partial charge on any atom is 0.348 e. The van der Waals surface area contributed by atoms with Crippen LogP contribution in [0.2, 0.25) is 0 Å². The first-order valence-corrected chi connectivity index (χ1v) is 10.2. The first-order valence-electron chi connectivity index (χ1n) is 10.2. The molecule has 0 aromatic heterocycles. The van der Waals surface area contributed by atoms with Gasteiger partial charge >= 0.3 is 17.9 Å². The summed E-state index contributed by atoms with van der Waals surface area (Å²) in [6.07, 6.45) is 1.29. The van der Waals surface area contributed by atoms with Gasteiger partial charge in [-0.05, 0) is 43.3 Å². The molecule has 3 rings (SSSR count). The van der Waals surface area contributed by atoms with Crippen LogP contribution in [0.15, 0.2) is 54.1 Å². The Labute approximate surface area is 190 Å². The number of rotatable bonds is 7. The van der Waals surface area contributed by atoms with Gasteiger partial charge < -0.3 is 24.3 Å². The fourth-order valence-electron chi connectivity index (χ4n) is 2.91. The molecule has 0 radical (unpaired) electrons. The van der Waals surface area contributed by atoms with Crippen molar-refractivity contribution in [3.05, 3.63) is 65.2 Å². The van der Waals surface area contributed by atoms with Gasteiger partial charge in [-0.25, -0.2) is 14.4 Å². The second-order valence-corrected chi connectivity index (χ2v) is 7.41. The van der Waals surface area contributed by atoms with Crippen LogP contribution in [0.1, 0.15) is 36.7 Å². The van der Waals surface area contributed by atoms with Crippen molar-refractivity contribution in [3.8, 4) is 5.75 Å². The molecule has 1 fully saturated rings. The largest absolute Gasteiger partial charge is 0.483 e. The lowest BCUT2D eigenvalue weighted by Gasteiger charge is -2.29. The predicted octanol–water partition coefficient (Wildman–Crippen LogP) is 3.10. The molecule has 1 aliphatic heterocycles. The van der Waals surface area contributed by atoms with Crippen molar-refractivity contribution in [1.82, 2.24) is 0 Å². The van der Waals surface area contributed by atoms with Gasteiger partial charge in [0.1, 0.15) is 11.3 Å².